The van der Waals surface area contributed by atoms with Crippen LogP contribution in [0.25, 0.3) is 0 Å². The van der Waals surface area contributed by atoms with Crippen molar-refractivity contribution in [1.82, 2.24) is 0 Å². The molecule has 0 saturated heterocycles. The Morgan fingerprint density at radius 1 is 0.769 bits per heavy atom. The van der Waals surface area contributed by atoms with Gasteiger partial charge in [0.2, 0.25) is 0 Å². The molecule has 0 aliphatic heterocycles. The molecule has 0 radical (unpaired) electrons. The number of esters is 1. The van der Waals surface area contributed by atoms with Crippen molar-refractivity contribution in [2.45, 2.75) is 89.9 Å². The second-order valence-corrected chi connectivity index (χ2v) is 9.38. The lowest BCUT2D eigenvalue weighted by atomic mass is 9.65. The third-order valence-electron chi connectivity index (χ3n) is 8.03. The van der Waals surface area contributed by atoms with Crippen molar-refractivity contribution in [2.75, 3.05) is 7.11 Å². The number of carbonyl (C=O) groups is 2. The van der Waals surface area contributed by atoms with Gasteiger partial charge >= 0.3 is 5.97 Å². The molecule has 0 unspecified atom stereocenters. The standard InChI is InChI=1S/C23H38O3/c1-26-23(25)15-6-17-2-7-19(8-3-17)21-11-13-22(14-12-21)20-9-4-18(16-24)5-10-20/h16-22H,2-15H2,1H3. The van der Waals surface area contributed by atoms with Gasteiger partial charge in [0, 0.05) is 12.3 Å². The highest BCUT2D eigenvalue weighted by Crippen LogP contribution is 2.46. The molecular formula is C23H38O3. The van der Waals surface area contributed by atoms with E-state index < -0.39 is 0 Å². The molecule has 0 amide bonds. The van der Waals surface area contributed by atoms with Crippen LogP contribution < -0.4 is 0 Å². The van der Waals surface area contributed by atoms with Crippen LogP contribution in [0.1, 0.15) is 89.9 Å². The Labute approximate surface area is 159 Å². The minimum Gasteiger partial charge on any atom is -0.469 e. The van der Waals surface area contributed by atoms with Gasteiger partial charge in [-0.05, 0) is 100 Å². The second-order valence-electron chi connectivity index (χ2n) is 9.38. The first-order chi connectivity index (χ1) is 12.7. The van der Waals surface area contributed by atoms with Gasteiger partial charge in [-0.1, -0.05) is 12.8 Å². The largest absolute Gasteiger partial charge is 0.469 e. The van der Waals surface area contributed by atoms with Gasteiger partial charge in [-0.2, -0.15) is 0 Å². The van der Waals surface area contributed by atoms with Crippen LogP contribution in [0.5, 0.6) is 0 Å². The summed E-state index contributed by atoms with van der Waals surface area (Å²) < 4.78 is 4.77. The molecular weight excluding hydrogens is 324 g/mol. The van der Waals surface area contributed by atoms with Gasteiger partial charge in [-0.25, -0.2) is 0 Å². The summed E-state index contributed by atoms with van der Waals surface area (Å²) in [6.45, 7) is 0. The first-order valence-corrected chi connectivity index (χ1v) is 11.2. The summed E-state index contributed by atoms with van der Waals surface area (Å²) in [7, 11) is 1.49. The molecule has 3 aliphatic carbocycles. The summed E-state index contributed by atoms with van der Waals surface area (Å²) in [4.78, 5) is 22.3. The number of carbonyl (C=O) groups excluding carboxylic acids is 2. The molecule has 0 heterocycles. The van der Waals surface area contributed by atoms with Crippen LogP contribution in [-0.2, 0) is 14.3 Å². The third-order valence-corrected chi connectivity index (χ3v) is 8.03. The van der Waals surface area contributed by atoms with E-state index in [1.165, 1.54) is 77.6 Å². The monoisotopic (exact) mass is 362 g/mol. The number of ether oxygens (including phenoxy) is 1. The predicted octanol–water partition coefficient (Wildman–Crippen LogP) is 5.56. The summed E-state index contributed by atoms with van der Waals surface area (Å²) in [5.74, 6) is 4.80. The smallest absolute Gasteiger partial charge is 0.305 e. The van der Waals surface area contributed by atoms with Gasteiger partial charge < -0.3 is 9.53 Å². The Hall–Kier alpha value is -0.860. The van der Waals surface area contributed by atoms with E-state index in [1.807, 2.05) is 0 Å². The zero-order valence-electron chi connectivity index (χ0n) is 16.7. The molecule has 0 atom stereocenters. The summed E-state index contributed by atoms with van der Waals surface area (Å²) in [6.07, 6.45) is 18.8. The maximum absolute atomic E-state index is 11.3. The van der Waals surface area contributed by atoms with Gasteiger partial charge in [0.15, 0.2) is 0 Å². The van der Waals surface area contributed by atoms with Crippen molar-refractivity contribution < 1.29 is 14.3 Å². The Morgan fingerprint density at radius 2 is 1.19 bits per heavy atom. The van der Waals surface area contributed by atoms with Crippen molar-refractivity contribution in [3.8, 4) is 0 Å². The molecule has 0 aromatic heterocycles. The first-order valence-electron chi connectivity index (χ1n) is 11.2. The topological polar surface area (TPSA) is 43.4 Å². The molecule has 148 valence electrons. The lowest BCUT2D eigenvalue weighted by Crippen LogP contribution is -2.30. The van der Waals surface area contributed by atoms with Crippen molar-refractivity contribution in [3.05, 3.63) is 0 Å². The highest BCUT2D eigenvalue weighted by Gasteiger charge is 2.34. The van der Waals surface area contributed by atoms with E-state index in [1.54, 1.807) is 0 Å². The van der Waals surface area contributed by atoms with E-state index in [9.17, 15) is 9.59 Å². The molecule has 3 fully saturated rings. The number of rotatable bonds is 6. The number of methoxy groups -OCH3 is 1. The van der Waals surface area contributed by atoms with Crippen LogP contribution in [0.3, 0.4) is 0 Å². The molecule has 26 heavy (non-hydrogen) atoms. The quantitative estimate of drug-likeness (QED) is 0.459. The van der Waals surface area contributed by atoms with Crippen molar-refractivity contribution in [3.63, 3.8) is 0 Å². The summed E-state index contributed by atoms with van der Waals surface area (Å²) >= 11 is 0. The van der Waals surface area contributed by atoms with Gasteiger partial charge in [0.25, 0.3) is 0 Å². The second kappa shape index (κ2) is 9.90. The van der Waals surface area contributed by atoms with E-state index in [0.717, 1.165) is 48.9 Å². The van der Waals surface area contributed by atoms with Crippen LogP contribution in [0, 0.1) is 35.5 Å². The fourth-order valence-electron chi connectivity index (χ4n) is 6.21. The molecule has 3 nitrogen and oxygen atoms in total. The van der Waals surface area contributed by atoms with Gasteiger partial charge in [0.1, 0.15) is 6.29 Å². The Balaban J connectivity index is 1.34. The van der Waals surface area contributed by atoms with Crippen LogP contribution in [0.4, 0.5) is 0 Å². The van der Waals surface area contributed by atoms with E-state index in [4.69, 9.17) is 4.74 Å². The van der Waals surface area contributed by atoms with Crippen molar-refractivity contribution in [2.24, 2.45) is 35.5 Å². The zero-order valence-corrected chi connectivity index (χ0v) is 16.7. The zero-order chi connectivity index (χ0) is 18.4. The van der Waals surface area contributed by atoms with E-state index >= 15 is 0 Å². The average molecular weight is 363 g/mol. The highest BCUT2D eigenvalue weighted by molar-refractivity contribution is 5.69. The Bertz CT molecular complexity index is 436. The minimum absolute atomic E-state index is 0.0485. The van der Waals surface area contributed by atoms with Gasteiger partial charge in [-0.15, -0.1) is 0 Å². The SMILES string of the molecule is COC(=O)CCC1CCC(C2CCC(C3CCC(C=O)CC3)CC2)CC1. The lowest BCUT2D eigenvalue weighted by molar-refractivity contribution is -0.141. The molecule has 0 aromatic carbocycles. The van der Waals surface area contributed by atoms with Crippen molar-refractivity contribution >= 4 is 12.3 Å². The minimum atomic E-state index is -0.0485. The Morgan fingerprint density at radius 3 is 1.62 bits per heavy atom. The molecule has 0 N–H and O–H groups in total. The van der Waals surface area contributed by atoms with Crippen LogP contribution in [-0.4, -0.2) is 19.4 Å². The summed E-state index contributed by atoms with van der Waals surface area (Å²) in [5.41, 5.74) is 0. The predicted molar refractivity (Wildman–Crippen MR) is 104 cm³/mol. The van der Waals surface area contributed by atoms with Crippen LogP contribution >= 0.6 is 0 Å². The normalized spacial score (nSPS) is 38.5. The highest BCUT2D eigenvalue weighted by atomic mass is 16.5. The fraction of sp³-hybridized carbons (Fsp3) is 0.913. The maximum atomic E-state index is 11.3. The molecule has 0 bridgehead atoms. The first kappa shape index (κ1) is 19.9. The molecule has 0 aromatic rings. The van der Waals surface area contributed by atoms with Crippen LogP contribution in [0.15, 0.2) is 0 Å². The molecule has 3 rings (SSSR count). The Kier molecular flexibility index (Phi) is 7.57. The molecule has 0 spiro atoms. The third kappa shape index (κ3) is 5.33. The van der Waals surface area contributed by atoms with Crippen molar-refractivity contribution in [1.29, 1.82) is 0 Å². The van der Waals surface area contributed by atoms with E-state index in [2.05, 4.69) is 0 Å². The van der Waals surface area contributed by atoms with Crippen LogP contribution in [0.2, 0.25) is 0 Å². The van der Waals surface area contributed by atoms with E-state index in [-0.39, 0.29) is 5.97 Å². The molecule has 3 heteroatoms. The molecule has 3 aliphatic rings. The maximum Gasteiger partial charge on any atom is 0.305 e. The van der Waals surface area contributed by atoms with Gasteiger partial charge in [-0.3, -0.25) is 4.79 Å². The number of hydrogen-bond acceptors (Lipinski definition) is 3. The number of aldehydes is 1. The fourth-order valence-corrected chi connectivity index (χ4v) is 6.21. The average Bonchev–Trinajstić information content (AvgIpc) is 2.72. The number of hydrogen-bond donors (Lipinski definition) is 0. The van der Waals surface area contributed by atoms with Gasteiger partial charge in [0.05, 0.1) is 7.11 Å². The summed E-state index contributed by atoms with van der Waals surface area (Å²) in [5, 5.41) is 0. The van der Waals surface area contributed by atoms with E-state index in [0.29, 0.717) is 12.3 Å². The summed E-state index contributed by atoms with van der Waals surface area (Å²) in [6, 6.07) is 0. The lowest BCUT2D eigenvalue weighted by Gasteiger charge is -2.41. The molecule has 3 saturated carbocycles.